The highest BCUT2D eigenvalue weighted by atomic mass is 35.5. The van der Waals surface area contributed by atoms with Gasteiger partial charge in [0.15, 0.2) is 11.6 Å². The highest BCUT2D eigenvalue weighted by Gasteiger charge is 2.16. The molecule has 0 heterocycles. The molecule has 0 saturated carbocycles. The summed E-state index contributed by atoms with van der Waals surface area (Å²) in [5.74, 6) is -1.34. The molecule has 100 valence electrons. The lowest BCUT2D eigenvalue weighted by Gasteiger charge is -2.15. The van der Waals surface area contributed by atoms with E-state index in [0.29, 0.717) is 16.9 Å². The maximum absolute atomic E-state index is 13.3. The second-order valence-corrected chi connectivity index (χ2v) is 4.45. The number of rotatable bonds is 3. The first-order valence-electron chi connectivity index (χ1n) is 5.57. The number of benzene rings is 2. The van der Waals surface area contributed by atoms with E-state index in [2.05, 4.69) is 0 Å². The third-order valence-corrected chi connectivity index (χ3v) is 3.15. The smallest absolute Gasteiger partial charge is 0.160 e. The van der Waals surface area contributed by atoms with Gasteiger partial charge in [-0.05, 0) is 35.4 Å². The molecule has 19 heavy (non-hydrogen) atoms. The number of halogens is 3. The van der Waals surface area contributed by atoms with Crippen molar-refractivity contribution in [2.75, 3.05) is 7.11 Å². The zero-order valence-electron chi connectivity index (χ0n) is 10.2. The van der Waals surface area contributed by atoms with Crippen molar-refractivity contribution >= 4 is 11.6 Å². The molecule has 0 bridgehead atoms. The lowest BCUT2D eigenvalue weighted by atomic mass is 9.99. The van der Waals surface area contributed by atoms with Crippen LogP contribution in [0, 0.1) is 11.6 Å². The fraction of sp³-hybridized carbons (Fsp3) is 0.143. The molecule has 2 aromatic carbocycles. The number of methoxy groups -OCH3 is 1. The van der Waals surface area contributed by atoms with Crippen LogP contribution in [0.3, 0.4) is 0 Å². The van der Waals surface area contributed by atoms with Crippen molar-refractivity contribution in [3.63, 3.8) is 0 Å². The highest BCUT2D eigenvalue weighted by molar-refractivity contribution is 6.31. The van der Waals surface area contributed by atoms with E-state index in [1.54, 1.807) is 24.3 Å². The summed E-state index contributed by atoms with van der Waals surface area (Å²) in [5, 5.41) is 0.0919. The van der Waals surface area contributed by atoms with E-state index in [1.165, 1.54) is 7.11 Å². The van der Waals surface area contributed by atoms with Gasteiger partial charge in [0.2, 0.25) is 0 Å². The normalized spacial score (nSPS) is 12.3. The van der Waals surface area contributed by atoms with E-state index < -0.39 is 17.7 Å². The molecule has 0 fully saturated rings. The van der Waals surface area contributed by atoms with Crippen molar-refractivity contribution in [3.8, 4) is 5.75 Å². The van der Waals surface area contributed by atoms with E-state index in [-0.39, 0.29) is 5.02 Å². The minimum absolute atomic E-state index is 0.0919. The minimum Gasteiger partial charge on any atom is -0.497 e. The van der Waals surface area contributed by atoms with Crippen LogP contribution in [-0.4, -0.2) is 7.11 Å². The molecular weight excluding hydrogens is 272 g/mol. The standard InChI is InChI=1S/C14H12ClF2NO/c1-19-9-4-2-3-8(5-9)14(18)10-6-12(16)13(17)7-11(10)15/h2-7,14H,18H2,1H3. The second kappa shape index (κ2) is 5.55. The second-order valence-electron chi connectivity index (χ2n) is 4.04. The molecule has 0 spiro atoms. The van der Waals surface area contributed by atoms with Crippen LogP contribution in [0.1, 0.15) is 17.2 Å². The number of hydrogen-bond donors (Lipinski definition) is 1. The largest absolute Gasteiger partial charge is 0.497 e. The van der Waals surface area contributed by atoms with Crippen LogP contribution < -0.4 is 10.5 Å². The molecule has 0 amide bonds. The van der Waals surface area contributed by atoms with Crippen LogP contribution in [-0.2, 0) is 0 Å². The molecule has 0 aromatic heterocycles. The third kappa shape index (κ3) is 2.85. The van der Waals surface area contributed by atoms with Gasteiger partial charge in [-0.3, -0.25) is 0 Å². The lowest BCUT2D eigenvalue weighted by Crippen LogP contribution is -2.13. The fourth-order valence-corrected chi connectivity index (χ4v) is 2.06. The van der Waals surface area contributed by atoms with Crippen molar-refractivity contribution in [1.29, 1.82) is 0 Å². The van der Waals surface area contributed by atoms with E-state index >= 15 is 0 Å². The van der Waals surface area contributed by atoms with Crippen molar-refractivity contribution in [2.45, 2.75) is 6.04 Å². The lowest BCUT2D eigenvalue weighted by molar-refractivity contribution is 0.414. The molecule has 0 aliphatic carbocycles. The Kier molecular flexibility index (Phi) is 4.02. The Morgan fingerprint density at radius 2 is 1.84 bits per heavy atom. The van der Waals surface area contributed by atoms with Crippen LogP contribution in [0.4, 0.5) is 8.78 Å². The van der Waals surface area contributed by atoms with Crippen molar-refractivity contribution in [3.05, 3.63) is 64.2 Å². The van der Waals surface area contributed by atoms with Crippen LogP contribution in [0.5, 0.6) is 5.75 Å². The molecule has 0 radical (unpaired) electrons. The van der Waals surface area contributed by atoms with Gasteiger partial charge in [-0.25, -0.2) is 8.78 Å². The summed E-state index contributed by atoms with van der Waals surface area (Å²) in [5.41, 5.74) is 7.06. The summed E-state index contributed by atoms with van der Waals surface area (Å²) >= 11 is 5.90. The average Bonchev–Trinajstić information content (AvgIpc) is 2.42. The molecule has 2 N–H and O–H groups in total. The van der Waals surface area contributed by atoms with Gasteiger partial charge in [-0.15, -0.1) is 0 Å². The van der Waals surface area contributed by atoms with Gasteiger partial charge in [0.1, 0.15) is 5.75 Å². The Morgan fingerprint density at radius 1 is 1.16 bits per heavy atom. The molecule has 2 aromatic rings. The van der Waals surface area contributed by atoms with Crippen molar-refractivity contribution in [2.24, 2.45) is 5.73 Å². The topological polar surface area (TPSA) is 35.2 Å². The molecule has 0 saturated heterocycles. The Hall–Kier alpha value is -1.65. The number of hydrogen-bond acceptors (Lipinski definition) is 2. The van der Waals surface area contributed by atoms with E-state index in [0.717, 1.165) is 12.1 Å². The van der Waals surface area contributed by atoms with Crippen LogP contribution >= 0.6 is 11.6 Å². The van der Waals surface area contributed by atoms with Crippen LogP contribution in [0.15, 0.2) is 36.4 Å². The minimum atomic E-state index is -0.994. The molecule has 0 aliphatic rings. The molecular formula is C14H12ClF2NO. The van der Waals surface area contributed by atoms with E-state index in [4.69, 9.17) is 22.1 Å². The molecule has 2 nitrogen and oxygen atoms in total. The van der Waals surface area contributed by atoms with Crippen molar-refractivity contribution < 1.29 is 13.5 Å². The predicted octanol–water partition coefficient (Wildman–Crippen LogP) is 3.67. The SMILES string of the molecule is COc1cccc(C(N)c2cc(F)c(F)cc2Cl)c1. The fourth-order valence-electron chi connectivity index (χ4n) is 1.79. The summed E-state index contributed by atoms with van der Waals surface area (Å²) in [6.45, 7) is 0. The Balaban J connectivity index is 2.43. The van der Waals surface area contributed by atoms with Crippen molar-refractivity contribution in [1.82, 2.24) is 0 Å². The van der Waals surface area contributed by atoms with Gasteiger partial charge < -0.3 is 10.5 Å². The summed E-state index contributed by atoms with van der Waals surface area (Å²) in [6, 6.07) is 8.31. The van der Waals surface area contributed by atoms with Gasteiger partial charge >= 0.3 is 0 Å². The monoisotopic (exact) mass is 283 g/mol. The molecule has 0 aliphatic heterocycles. The van der Waals surface area contributed by atoms with Crippen LogP contribution in [0.2, 0.25) is 5.02 Å². The van der Waals surface area contributed by atoms with Gasteiger partial charge in [-0.2, -0.15) is 0 Å². The summed E-state index contributed by atoms with van der Waals surface area (Å²) in [6.07, 6.45) is 0. The van der Waals surface area contributed by atoms with Gasteiger partial charge in [-0.1, -0.05) is 23.7 Å². The van der Waals surface area contributed by atoms with Gasteiger partial charge in [0.05, 0.1) is 13.2 Å². The number of ether oxygens (including phenoxy) is 1. The summed E-state index contributed by atoms with van der Waals surface area (Å²) < 4.78 is 31.4. The molecule has 1 unspecified atom stereocenters. The van der Waals surface area contributed by atoms with E-state index in [1.807, 2.05) is 0 Å². The third-order valence-electron chi connectivity index (χ3n) is 2.83. The zero-order valence-corrected chi connectivity index (χ0v) is 10.9. The Labute approximate surface area is 114 Å². The van der Waals surface area contributed by atoms with Gasteiger partial charge in [0, 0.05) is 5.02 Å². The number of nitrogens with two attached hydrogens (primary N) is 1. The molecule has 5 heteroatoms. The zero-order chi connectivity index (χ0) is 14.0. The first-order valence-corrected chi connectivity index (χ1v) is 5.94. The Bertz CT molecular complexity index is 604. The highest BCUT2D eigenvalue weighted by Crippen LogP contribution is 2.29. The summed E-state index contributed by atoms with van der Waals surface area (Å²) in [4.78, 5) is 0. The van der Waals surface area contributed by atoms with Crippen LogP contribution in [0.25, 0.3) is 0 Å². The predicted molar refractivity (Wildman–Crippen MR) is 70.4 cm³/mol. The Morgan fingerprint density at radius 3 is 2.53 bits per heavy atom. The summed E-state index contributed by atoms with van der Waals surface area (Å²) in [7, 11) is 1.54. The molecule has 2 rings (SSSR count). The maximum Gasteiger partial charge on any atom is 0.160 e. The average molecular weight is 284 g/mol. The van der Waals surface area contributed by atoms with E-state index in [9.17, 15) is 8.78 Å². The van der Waals surface area contributed by atoms with Gasteiger partial charge in [0.25, 0.3) is 0 Å². The first-order chi connectivity index (χ1) is 9.02. The quantitative estimate of drug-likeness (QED) is 0.872. The molecule has 1 atom stereocenters. The first kappa shape index (κ1) is 13.8. The maximum atomic E-state index is 13.3.